The van der Waals surface area contributed by atoms with Crippen molar-refractivity contribution in [2.45, 2.75) is 25.0 Å². The van der Waals surface area contributed by atoms with E-state index in [1.54, 1.807) is 11.6 Å². The average Bonchev–Trinajstić information content (AvgIpc) is 3.15. The first-order valence-electron chi connectivity index (χ1n) is 9.80. The summed E-state index contributed by atoms with van der Waals surface area (Å²) in [5.41, 5.74) is 1.95. The summed E-state index contributed by atoms with van der Waals surface area (Å²) in [6, 6.07) is 13.2. The van der Waals surface area contributed by atoms with E-state index in [9.17, 15) is 19.7 Å². The van der Waals surface area contributed by atoms with Crippen LogP contribution >= 0.6 is 11.8 Å². The van der Waals surface area contributed by atoms with Crippen molar-refractivity contribution in [3.05, 3.63) is 75.6 Å². The van der Waals surface area contributed by atoms with Gasteiger partial charge in [0.2, 0.25) is 5.91 Å². The van der Waals surface area contributed by atoms with E-state index in [0.717, 1.165) is 12.1 Å². The minimum absolute atomic E-state index is 0.0849. The number of nitrogens with zero attached hydrogens (tertiary/aromatic N) is 4. The highest BCUT2D eigenvalue weighted by atomic mass is 32.2. The van der Waals surface area contributed by atoms with E-state index in [0.29, 0.717) is 11.0 Å². The lowest BCUT2D eigenvalue weighted by atomic mass is 10.1. The van der Waals surface area contributed by atoms with E-state index < -0.39 is 10.8 Å². The zero-order valence-corrected chi connectivity index (χ0v) is 18.4. The van der Waals surface area contributed by atoms with E-state index in [-0.39, 0.29) is 29.5 Å². The van der Waals surface area contributed by atoms with Crippen LogP contribution in [-0.4, -0.2) is 37.3 Å². The highest BCUT2D eigenvalue weighted by Crippen LogP contribution is 2.17. The molecule has 0 bridgehead atoms. The molecule has 0 unspecified atom stereocenters. The summed E-state index contributed by atoms with van der Waals surface area (Å²) in [6.07, 6.45) is 0.935. The molecule has 10 nitrogen and oxygen atoms in total. The van der Waals surface area contributed by atoms with Crippen LogP contribution in [0.2, 0.25) is 0 Å². The van der Waals surface area contributed by atoms with Gasteiger partial charge in [-0.3, -0.25) is 19.7 Å². The number of nitro groups is 1. The molecule has 3 aromatic rings. The maximum absolute atomic E-state index is 12.3. The first kappa shape index (κ1) is 22.9. The van der Waals surface area contributed by atoms with Gasteiger partial charge in [0, 0.05) is 30.4 Å². The molecular formula is C21H22N6O4S. The van der Waals surface area contributed by atoms with Crippen LogP contribution in [0.25, 0.3) is 0 Å². The molecule has 2 amide bonds. The largest absolute Gasteiger partial charge is 0.345 e. The quantitative estimate of drug-likeness (QED) is 0.289. The molecule has 1 heterocycles. The third-order valence-corrected chi connectivity index (χ3v) is 5.65. The summed E-state index contributed by atoms with van der Waals surface area (Å²) >= 11 is 1.23. The van der Waals surface area contributed by atoms with E-state index in [1.807, 2.05) is 24.3 Å². The van der Waals surface area contributed by atoms with Crippen LogP contribution in [0, 0.1) is 10.1 Å². The molecule has 0 aliphatic carbocycles. The number of rotatable bonds is 9. The van der Waals surface area contributed by atoms with Gasteiger partial charge in [0.25, 0.3) is 11.6 Å². The van der Waals surface area contributed by atoms with Crippen LogP contribution in [0.1, 0.15) is 28.7 Å². The fourth-order valence-electron chi connectivity index (χ4n) is 2.80. The van der Waals surface area contributed by atoms with Gasteiger partial charge >= 0.3 is 0 Å². The number of amides is 2. The molecule has 0 saturated heterocycles. The van der Waals surface area contributed by atoms with Crippen molar-refractivity contribution in [1.29, 1.82) is 0 Å². The number of aromatic nitrogens is 3. The zero-order chi connectivity index (χ0) is 23.1. The number of non-ortho nitro benzene ring substituents is 1. The van der Waals surface area contributed by atoms with Gasteiger partial charge in [-0.1, -0.05) is 36.9 Å². The van der Waals surface area contributed by atoms with Gasteiger partial charge in [-0.15, -0.1) is 10.2 Å². The number of nitrogens with one attached hydrogen (secondary N) is 2. The molecule has 11 heteroatoms. The number of carbonyl (C=O) groups excluding carboxylic acids is 2. The Bertz CT molecular complexity index is 1130. The van der Waals surface area contributed by atoms with Gasteiger partial charge in [-0.05, 0) is 30.2 Å². The predicted octanol–water partition coefficient (Wildman–Crippen LogP) is 2.95. The van der Waals surface area contributed by atoms with Gasteiger partial charge in [0.1, 0.15) is 0 Å². The summed E-state index contributed by atoms with van der Waals surface area (Å²) in [5, 5.41) is 25.0. The second-order valence-electron chi connectivity index (χ2n) is 6.84. The summed E-state index contributed by atoms with van der Waals surface area (Å²) in [6.45, 7) is 2.15. The average molecular weight is 455 g/mol. The molecule has 0 aliphatic rings. The Kier molecular flexibility index (Phi) is 7.55. The minimum Gasteiger partial charge on any atom is -0.345 e. The van der Waals surface area contributed by atoms with Crippen LogP contribution < -0.4 is 10.6 Å². The van der Waals surface area contributed by atoms with Crippen molar-refractivity contribution in [2.75, 3.05) is 11.1 Å². The molecule has 0 spiro atoms. The van der Waals surface area contributed by atoms with E-state index in [1.165, 1.54) is 41.6 Å². The number of aryl methyl sites for hydroxylation is 1. The van der Waals surface area contributed by atoms with Gasteiger partial charge in [-0.2, -0.15) is 0 Å². The first-order valence-corrected chi connectivity index (χ1v) is 10.8. The van der Waals surface area contributed by atoms with E-state index >= 15 is 0 Å². The van der Waals surface area contributed by atoms with Crippen LogP contribution in [0.15, 0.2) is 53.7 Å². The van der Waals surface area contributed by atoms with Crippen LogP contribution in [0.4, 0.5) is 11.4 Å². The topological polar surface area (TPSA) is 132 Å². The number of hydrogen-bond donors (Lipinski definition) is 2. The Balaban J connectivity index is 1.52. The highest BCUT2D eigenvalue weighted by molar-refractivity contribution is 7.99. The Morgan fingerprint density at radius 2 is 1.91 bits per heavy atom. The summed E-state index contributed by atoms with van der Waals surface area (Å²) in [5.74, 6) is 0.0191. The van der Waals surface area contributed by atoms with Crippen molar-refractivity contribution in [1.82, 2.24) is 20.1 Å². The molecule has 2 aromatic carbocycles. The smallest absolute Gasteiger partial charge is 0.270 e. The maximum Gasteiger partial charge on any atom is 0.270 e. The second kappa shape index (κ2) is 10.5. The van der Waals surface area contributed by atoms with Crippen molar-refractivity contribution in [3.8, 4) is 0 Å². The lowest BCUT2D eigenvalue weighted by molar-refractivity contribution is -0.384. The number of hydrogen-bond acceptors (Lipinski definition) is 7. The second-order valence-corrected chi connectivity index (χ2v) is 7.78. The van der Waals surface area contributed by atoms with Gasteiger partial charge in [-0.25, -0.2) is 0 Å². The Hall–Kier alpha value is -3.73. The minimum atomic E-state index is -0.556. The normalized spacial score (nSPS) is 10.6. The number of thioether (sulfide) groups is 1. The molecule has 0 fully saturated rings. The third-order valence-electron chi connectivity index (χ3n) is 4.63. The fraction of sp³-hybridized carbons (Fsp3) is 0.238. The monoisotopic (exact) mass is 454 g/mol. The molecule has 166 valence electrons. The Labute approximate surface area is 188 Å². The lowest BCUT2D eigenvalue weighted by Gasteiger charge is -2.07. The SMILES string of the molecule is CCc1ccc(NC(=O)CSc2nnc(CNC(=O)c3cccc([N+](=O)[O-])c3)n2C)cc1. The van der Waals surface area contributed by atoms with E-state index in [4.69, 9.17) is 0 Å². The van der Waals surface area contributed by atoms with Crippen molar-refractivity contribution >= 4 is 35.0 Å². The van der Waals surface area contributed by atoms with Gasteiger partial charge < -0.3 is 15.2 Å². The molecule has 0 aliphatic heterocycles. The molecular weight excluding hydrogens is 432 g/mol. The molecule has 0 radical (unpaired) electrons. The predicted molar refractivity (Wildman–Crippen MR) is 120 cm³/mol. The molecule has 0 saturated carbocycles. The first-order chi connectivity index (χ1) is 15.4. The molecule has 3 rings (SSSR count). The Morgan fingerprint density at radius 1 is 1.16 bits per heavy atom. The highest BCUT2D eigenvalue weighted by Gasteiger charge is 2.15. The molecule has 1 aromatic heterocycles. The molecule has 0 atom stereocenters. The standard InChI is InChI=1S/C21H22N6O4S/c1-3-14-7-9-16(10-8-14)23-19(28)13-32-21-25-24-18(26(21)2)12-22-20(29)15-5-4-6-17(11-15)27(30)31/h4-11H,3,12-13H2,1-2H3,(H,22,29)(H,23,28). The van der Waals surface area contributed by atoms with Crippen molar-refractivity contribution in [3.63, 3.8) is 0 Å². The third kappa shape index (κ3) is 5.91. The molecule has 32 heavy (non-hydrogen) atoms. The summed E-state index contributed by atoms with van der Waals surface area (Å²) in [4.78, 5) is 34.8. The van der Waals surface area contributed by atoms with Crippen LogP contribution in [-0.2, 0) is 24.8 Å². The number of benzene rings is 2. The zero-order valence-electron chi connectivity index (χ0n) is 17.6. The van der Waals surface area contributed by atoms with Gasteiger partial charge in [0.05, 0.1) is 17.2 Å². The molecule has 2 N–H and O–H groups in total. The van der Waals surface area contributed by atoms with Crippen LogP contribution in [0.5, 0.6) is 0 Å². The maximum atomic E-state index is 12.3. The summed E-state index contributed by atoms with van der Waals surface area (Å²) in [7, 11) is 1.73. The van der Waals surface area contributed by atoms with Crippen molar-refractivity contribution < 1.29 is 14.5 Å². The van der Waals surface area contributed by atoms with E-state index in [2.05, 4.69) is 27.8 Å². The summed E-state index contributed by atoms with van der Waals surface area (Å²) < 4.78 is 1.68. The number of carbonyl (C=O) groups is 2. The Morgan fingerprint density at radius 3 is 2.59 bits per heavy atom. The fourth-order valence-corrected chi connectivity index (χ4v) is 3.53. The van der Waals surface area contributed by atoms with Crippen LogP contribution in [0.3, 0.4) is 0 Å². The number of anilines is 1. The van der Waals surface area contributed by atoms with Crippen molar-refractivity contribution in [2.24, 2.45) is 7.05 Å². The van der Waals surface area contributed by atoms with Gasteiger partial charge in [0.15, 0.2) is 11.0 Å². The number of nitro benzene ring substituents is 1. The lowest BCUT2D eigenvalue weighted by Crippen LogP contribution is -2.24.